The van der Waals surface area contributed by atoms with E-state index in [1.807, 2.05) is 0 Å². The fraction of sp³-hybridized carbons (Fsp3) is 0. The summed E-state index contributed by atoms with van der Waals surface area (Å²) in [5.74, 6) is 0. The third kappa shape index (κ3) is 0.699. The van der Waals surface area contributed by atoms with Gasteiger partial charge in [0, 0.05) is 1.43 Å². The predicted molar refractivity (Wildman–Crippen MR) is 37.2 cm³/mol. The van der Waals surface area contributed by atoms with Crippen LogP contribution in [0, 0.1) is 0 Å². The average Bonchev–Trinajstić information content (AvgIpc) is 2.05. The number of hydrogen-bond donors (Lipinski definition) is 0. The molecule has 2 heterocycles. The van der Waals surface area contributed by atoms with Crippen molar-refractivity contribution in [2.75, 3.05) is 0 Å². The molecule has 0 atom stereocenters. The topological polar surface area (TPSA) is 51.6 Å². The summed E-state index contributed by atoms with van der Waals surface area (Å²) in [5.41, 5.74) is 1.55. The maximum atomic E-state index is 3.95. The van der Waals surface area contributed by atoms with Crippen LogP contribution in [0.15, 0.2) is 25.0 Å². The molecular formula is C6H6N4. The third-order valence-electron chi connectivity index (χ3n) is 1.18. The van der Waals surface area contributed by atoms with Gasteiger partial charge in [0.25, 0.3) is 0 Å². The molecule has 4 heteroatoms. The van der Waals surface area contributed by atoms with Crippen molar-refractivity contribution in [1.82, 2.24) is 19.9 Å². The highest BCUT2D eigenvalue weighted by atomic mass is 14.9. The highest BCUT2D eigenvalue weighted by Gasteiger charge is 1.90. The second-order valence-corrected chi connectivity index (χ2v) is 1.82. The van der Waals surface area contributed by atoms with Gasteiger partial charge in [0.15, 0.2) is 0 Å². The molecule has 2 rings (SSSR count). The van der Waals surface area contributed by atoms with Crippen LogP contribution in [0.4, 0.5) is 0 Å². The van der Waals surface area contributed by atoms with Crippen molar-refractivity contribution >= 4 is 11.0 Å². The van der Waals surface area contributed by atoms with Crippen molar-refractivity contribution in [3.63, 3.8) is 0 Å². The van der Waals surface area contributed by atoms with E-state index in [1.165, 1.54) is 12.7 Å². The molecule has 2 aromatic rings. The van der Waals surface area contributed by atoms with Gasteiger partial charge in [-0.05, 0) is 0 Å². The summed E-state index contributed by atoms with van der Waals surface area (Å²) in [6.07, 6.45) is 6.27. The molecule has 50 valence electrons. The SMILES string of the molecule is [HH].c1ncc2ncncc2n1. The van der Waals surface area contributed by atoms with Crippen LogP contribution < -0.4 is 0 Å². The van der Waals surface area contributed by atoms with E-state index in [4.69, 9.17) is 0 Å². The lowest BCUT2D eigenvalue weighted by atomic mass is 10.4. The summed E-state index contributed by atoms with van der Waals surface area (Å²) in [7, 11) is 0. The lowest BCUT2D eigenvalue weighted by molar-refractivity contribution is 1.15. The van der Waals surface area contributed by atoms with Crippen LogP contribution in [0.3, 0.4) is 0 Å². The lowest BCUT2D eigenvalue weighted by Crippen LogP contribution is -1.84. The average molecular weight is 134 g/mol. The smallest absolute Gasteiger partial charge is 0.116 e. The maximum Gasteiger partial charge on any atom is 0.116 e. The summed E-state index contributed by atoms with van der Waals surface area (Å²) >= 11 is 0. The Morgan fingerprint density at radius 2 is 1.40 bits per heavy atom. The molecule has 0 aliphatic carbocycles. The molecular weight excluding hydrogens is 128 g/mol. The van der Waals surface area contributed by atoms with Crippen LogP contribution in [-0.2, 0) is 0 Å². The summed E-state index contributed by atoms with van der Waals surface area (Å²) < 4.78 is 0. The quantitative estimate of drug-likeness (QED) is 0.531. The van der Waals surface area contributed by atoms with Crippen molar-refractivity contribution < 1.29 is 1.43 Å². The van der Waals surface area contributed by atoms with E-state index < -0.39 is 0 Å². The molecule has 0 spiro atoms. The number of hydrogen-bond acceptors (Lipinski definition) is 4. The Bertz CT molecular complexity index is 286. The van der Waals surface area contributed by atoms with Crippen LogP contribution in [0.1, 0.15) is 1.43 Å². The molecule has 0 aliphatic rings. The summed E-state index contributed by atoms with van der Waals surface area (Å²) in [5, 5.41) is 0. The van der Waals surface area contributed by atoms with Crippen LogP contribution in [0.2, 0.25) is 0 Å². The van der Waals surface area contributed by atoms with Gasteiger partial charge in [-0.1, -0.05) is 0 Å². The lowest BCUT2D eigenvalue weighted by Gasteiger charge is -1.89. The van der Waals surface area contributed by atoms with E-state index in [1.54, 1.807) is 12.4 Å². The van der Waals surface area contributed by atoms with Gasteiger partial charge < -0.3 is 0 Å². The summed E-state index contributed by atoms with van der Waals surface area (Å²) in [6, 6.07) is 0. The predicted octanol–water partition coefficient (Wildman–Crippen LogP) is 0.666. The van der Waals surface area contributed by atoms with Crippen molar-refractivity contribution in [2.45, 2.75) is 0 Å². The van der Waals surface area contributed by atoms with E-state index in [0.717, 1.165) is 11.0 Å². The summed E-state index contributed by atoms with van der Waals surface area (Å²) in [6.45, 7) is 0. The Morgan fingerprint density at radius 3 is 1.90 bits per heavy atom. The molecule has 0 saturated heterocycles. The minimum Gasteiger partial charge on any atom is -0.243 e. The van der Waals surface area contributed by atoms with Gasteiger partial charge in [-0.15, -0.1) is 0 Å². The molecule has 0 unspecified atom stereocenters. The number of nitrogens with zero attached hydrogens (tertiary/aromatic N) is 4. The van der Waals surface area contributed by atoms with E-state index in [9.17, 15) is 0 Å². The molecule has 0 aromatic carbocycles. The fourth-order valence-corrected chi connectivity index (χ4v) is 0.730. The van der Waals surface area contributed by atoms with E-state index in [2.05, 4.69) is 19.9 Å². The monoisotopic (exact) mass is 134 g/mol. The number of fused-ring (bicyclic) bond motifs is 1. The number of aromatic nitrogens is 4. The molecule has 2 aromatic heterocycles. The zero-order chi connectivity index (χ0) is 6.81. The van der Waals surface area contributed by atoms with Gasteiger partial charge >= 0.3 is 0 Å². The van der Waals surface area contributed by atoms with Gasteiger partial charge in [-0.3, -0.25) is 0 Å². The highest BCUT2D eigenvalue weighted by Crippen LogP contribution is 2.00. The molecule has 0 bridgehead atoms. The Kier molecular flexibility index (Phi) is 1.04. The second-order valence-electron chi connectivity index (χ2n) is 1.82. The standard InChI is InChI=1S/C6H4N4.H2/c1-5-6(10-3-7-1)2-8-4-9-5;/h1-4H;1H. The maximum absolute atomic E-state index is 3.95. The zero-order valence-electron chi connectivity index (χ0n) is 5.10. The Hall–Kier alpha value is -1.58. The van der Waals surface area contributed by atoms with Gasteiger partial charge in [-0.2, -0.15) is 0 Å². The van der Waals surface area contributed by atoms with Crippen LogP contribution in [0.5, 0.6) is 0 Å². The van der Waals surface area contributed by atoms with E-state index in [0.29, 0.717) is 0 Å². The zero-order valence-corrected chi connectivity index (χ0v) is 5.10. The first kappa shape index (κ1) is 5.22. The van der Waals surface area contributed by atoms with Gasteiger partial charge in [0.2, 0.25) is 0 Å². The molecule has 0 radical (unpaired) electrons. The molecule has 0 aliphatic heterocycles. The Balaban J connectivity index is 0.000000605. The number of rotatable bonds is 0. The first-order chi connectivity index (χ1) is 4.97. The van der Waals surface area contributed by atoms with Gasteiger partial charge in [0.1, 0.15) is 23.7 Å². The van der Waals surface area contributed by atoms with Gasteiger partial charge in [0.05, 0.1) is 12.4 Å². The molecule has 4 nitrogen and oxygen atoms in total. The molecule has 0 amide bonds. The van der Waals surface area contributed by atoms with Crippen LogP contribution >= 0.6 is 0 Å². The van der Waals surface area contributed by atoms with Gasteiger partial charge in [-0.25, -0.2) is 19.9 Å². The van der Waals surface area contributed by atoms with Crippen molar-refractivity contribution in [2.24, 2.45) is 0 Å². The molecule has 10 heavy (non-hydrogen) atoms. The van der Waals surface area contributed by atoms with Crippen molar-refractivity contribution in [3.8, 4) is 0 Å². The van der Waals surface area contributed by atoms with E-state index in [-0.39, 0.29) is 1.43 Å². The first-order valence-corrected chi connectivity index (χ1v) is 2.82. The third-order valence-corrected chi connectivity index (χ3v) is 1.18. The normalized spacial score (nSPS) is 10.0. The minimum absolute atomic E-state index is 0. The van der Waals surface area contributed by atoms with Crippen LogP contribution in [-0.4, -0.2) is 19.9 Å². The van der Waals surface area contributed by atoms with Crippen LogP contribution in [0.25, 0.3) is 11.0 Å². The molecule has 0 N–H and O–H groups in total. The Morgan fingerprint density at radius 1 is 0.900 bits per heavy atom. The van der Waals surface area contributed by atoms with Crippen molar-refractivity contribution in [3.05, 3.63) is 25.0 Å². The second kappa shape index (κ2) is 1.98. The molecule has 0 saturated carbocycles. The Labute approximate surface area is 58.5 Å². The first-order valence-electron chi connectivity index (χ1n) is 2.82. The van der Waals surface area contributed by atoms with Crippen molar-refractivity contribution in [1.29, 1.82) is 0 Å². The fourth-order valence-electron chi connectivity index (χ4n) is 0.730. The minimum atomic E-state index is 0. The molecule has 0 fully saturated rings. The summed E-state index contributed by atoms with van der Waals surface area (Å²) in [4.78, 5) is 15.5. The van der Waals surface area contributed by atoms with E-state index >= 15 is 0 Å². The highest BCUT2D eigenvalue weighted by molar-refractivity contribution is 5.70. The largest absolute Gasteiger partial charge is 0.243 e.